The second-order valence-electron chi connectivity index (χ2n) is 12.7. The lowest BCUT2D eigenvalue weighted by Crippen LogP contribution is -2.29. The maximum absolute atomic E-state index is 12.4. The quantitative estimate of drug-likeness (QED) is 0.0194. The van der Waals surface area contributed by atoms with E-state index >= 15 is 0 Å². The number of carbonyl (C=O) groups excluding carboxylic acids is 2. The Hall–Kier alpha value is -2.29. The molecule has 0 bridgehead atoms. The van der Waals surface area contributed by atoms with Gasteiger partial charge in [-0.1, -0.05) is 139 Å². The molecule has 0 saturated heterocycles. The normalized spacial score (nSPS) is 13.8. The SMILES string of the molecule is CC/C=C/C/C=C/C=C/C(O)CCCCCCCC(=O)O[C@H](COC(=O)CCCCCCCC/C=C\C/C=C\CCCCC)COP(=O)(O)O. The Morgan fingerprint density at radius 1 is 0.640 bits per heavy atom. The molecule has 0 rings (SSSR count). The summed E-state index contributed by atoms with van der Waals surface area (Å²) in [6.45, 7) is 3.42. The summed E-state index contributed by atoms with van der Waals surface area (Å²) in [7, 11) is -4.78. The van der Waals surface area contributed by atoms with Gasteiger partial charge in [0.1, 0.15) is 6.61 Å². The topological polar surface area (TPSA) is 140 Å². The van der Waals surface area contributed by atoms with Crippen LogP contribution in [0.5, 0.6) is 0 Å². The van der Waals surface area contributed by atoms with Gasteiger partial charge < -0.3 is 24.4 Å². The van der Waals surface area contributed by atoms with Gasteiger partial charge in [0, 0.05) is 12.8 Å². The fraction of sp³-hybridized carbons (Fsp3) is 0.700. The summed E-state index contributed by atoms with van der Waals surface area (Å²) in [5, 5.41) is 10.1. The van der Waals surface area contributed by atoms with Gasteiger partial charge in [0.05, 0.1) is 12.7 Å². The van der Waals surface area contributed by atoms with E-state index in [0.717, 1.165) is 83.5 Å². The molecule has 0 aromatic carbocycles. The van der Waals surface area contributed by atoms with E-state index in [9.17, 15) is 19.3 Å². The Bertz CT molecular complexity index is 1010. The molecule has 0 spiro atoms. The maximum Gasteiger partial charge on any atom is 0.469 e. The summed E-state index contributed by atoms with van der Waals surface area (Å²) in [6, 6.07) is 0. The molecule has 0 aliphatic heterocycles. The monoisotopic (exact) mass is 724 g/mol. The molecule has 10 heteroatoms. The molecule has 0 aromatic rings. The Balaban J connectivity index is 4.08. The third-order valence-electron chi connectivity index (χ3n) is 7.87. The number of hydrogen-bond donors (Lipinski definition) is 3. The standard InChI is InChI=1S/C40H69O9P/c1-3-5-7-9-11-12-13-14-15-16-17-18-19-21-25-29-33-39(42)47-35-38(36-48-50(44,45)46)49-40(43)34-30-26-22-24-28-32-37(41)31-27-23-20-10-8-6-4-2/h6,8,11-12,14-15,20,23,27,31,37-38,41H,3-5,7,9-10,13,16-19,21-22,24-26,28-30,32-36H2,1-2H3,(H2,44,45,46)/b8-6+,12-11-,15-14-,23-20+,31-27+/t37?,38-/m1/s1. The van der Waals surface area contributed by atoms with Crippen LogP contribution < -0.4 is 0 Å². The van der Waals surface area contributed by atoms with Crippen LogP contribution in [0, 0.1) is 0 Å². The van der Waals surface area contributed by atoms with E-state index in [4.69, 9.17) is 19.3 Å². The van der Waals surface area contributed by atoms with Crippen molar-refractivity contribution in [2.75, 3.05) is 13.2 Å². The van der Waals surface area contributed by atoms with Crippen LogP contribution in [0.15, 0.2) is 60.8 Å². The number of carbonyl (C=O) groups is 2. The molecule has 0 aromatic heterocycles. The molecule has 0 saturated carbocycles. The summed E-state index contributed by atoms with van der Waals surface area (Å²) in [6.07, 6.45) is 39.6. The number of aliphatic hydroxyl groups excluding tert-OH is 1. The van der Waals surface area contributed by atoms with Crippen molar-refractivity contribution in [3.05, 3.63) is 60.8 Å². The molecule has 0 aliphatic carbocycles. The van der Waals surface area contributed by atoms with Crippen LogP contribution in [0.4, 0.5) is 0 Å². The van der Waals surface area contributed by atoms with Crippen LogP contribution in [0.1, 0.15) is 155 Å². The first kappa shape index (κ1) is 47.7. The number of unbranched alkanes of at least 4 members (excludes halogenated alkanes) is 13. The molecular weight excluding hydrogens is 655 g/mol. The van der Waals surface area contributed by atoms with Crippen molar-refractivity contribution in [2.24, 2.45) is 0 Å². The number of hydrogen-bond acceptors (Lipinski definition) is 7. The smallest absolute Gasteiger partial charge is 0.462 e. The van der Waals surface area contributed by atoms with Crippen LogP contribution in [-0.2, 0) is 28.2 Å². The Morgan fingerprint density at radius 2 is 1.20 bits per heavy atom. The van der Waals surface area contributed by atoms with Gasteiger partial charge in [-0.3, -0.25) is 14.1 Å². The predicted molar refractivity (Wildman–Crippen MR) is 203 cm³/mol. The number of aliphatic hydroxyl groups is 1. The Labute approximate surface area is 303 Å². The number of esters is 2. The highest BCUT2D eigenvalue weighted by Gasteiger charge is 2.22. The molecule has 0 radical (unpaired) electrons. The molecule has 9 nitrogen and oxygen atoms in total. The number of allylic oxidation sites excluding steroid dienone is 9. The second-order valence-corrected chi connectivity index (χ2v) is 14.0. The molecule has 2 atom stereocenters. The van der Waals surface area contributed by atoms with Crippen LogP contribution in [0.25, 0.3) is 0 Å². The Kier molecular flexibility index (Phi) is 33.5. The highest BCUT2D eigenvalue weighted by atomic mass is 31.2. The van der Waals surface area contributed by atoms with E-state index in [1.165, 1.54) is 25.7 Å². The summed E-state index contributed by atoms with van der Waals surface area (Å²) in [5.41, 5.74) is 0. The minimum absolute atomic E-state index is 0.137. The lowest BCUT2D eigenvalue weighted by atomic mass is 10.1. The van der Waals surface area contributed by atoms with E-state index in [-0.39, 0.29) is 19.4 Å². The van der Waals surface area contributed by atoms with E-state index < -0.39 is 38.6 Å². The first-order chi connectivity index (χ1) is 24.2. The maximum atomic E-state index is 12.4. The summed E-state index contributed by atoms with van der Waals surface area (Å²) >= 11 is 0. The third-order valence-corrected chi connectivity index (χ3v) is 8.36. The van der Waals surface area contributed by atoms with E-state index in [0.29, 0.717) is 19.3 Å². The van der Waals surface area contributed by atoms with E-state index in [1.54, 1.807) is 6.08 Å². The average Bonchev–Trinajstić information content (AvgIpc) is 3.08. The molecule has 50 heavy (non-hydrogen) atoms. The highest BCUT2D eigenvalue weighted by molar-refractivity contribution is 7.46. The van der Waals surface area contributed by atoms with Crippen molar-refractivity contribution in [1.29, 1.82) is 0 Å². The van der Waals surface area contributed by atoms with Gasteiger partial charge in [0.2, 0.25) is 0 Å². The molecule has 0 heterocycles. The van der Waals surface area contributed by atoms with Crippen molar-refractivity contribution in [2.45, 2.75) is 167 Å². The van der Waals surface area contributed by atoms with Gasteiger partial charge in [-0.05, 0) is 64.2 Å². The summed E-state index contributed by atoms with van der Waals surface area (Å²) in [5.74, 6) is -0.979. The molecular formula is C40H69O9P. The predicted octanol–water partition coefficient (Wildman–Crippen LogP) is 10.3. The first-order valence-corrected chi connectivity index (χ1v) is 20.7. The number of phosphoric ester groups is 1. The van der Waals surface area contributed by atoms with Gasteiger partial charge in [-0.25, -0.2) is 4.57 Å². The van der Waals surface area contributed by atoms with Crippen LogP contribution in [0.3, 0.4) is 0 Å². The van der Waals surface area contributed by atoms with Gasteiger partial charge in [-0.2, -0.15) is 0 Å². The zero-order chi connectivity index (χ0) is 37.0. The third kappa shape index (κ3) is 37.0. The second kappa shape index (κ2) is 35.1. The minimum atomic E-state index is -4.78. The van der Waals surface area contributed by atoms with Crippen molar-refractivity contribution in [3.63, 3.8) is 0 Å². The van der Waals surface area contributed by atoms with Gasteiger partial charge in [-0.15, -0.1) is 0 Å². The number of ether oxygens (including phenoxy) is 2. The van der Waals surface area contributed by atoms with Crippen LogP contribution in [-0.4, -0.2) is 52.3 Å². The molecule has 0 aliphatic rings. The minimum Gasteiger partial charge on any atom is -0.462 e. The van der Waals surface area contributed by atoms with Crippen LogP contribution in [0.2, 0.25) is 0 Å². The lowest BCUT2D eigenvalue weighted by Gasteiger charge is -2.18. The van der Waals surface area contributed by atoms with E-state index in [2.05, 4.69) is 54.8 Å². The molecule has 0 amide bonds. The summed E-state index contributed by atoms with van der Waals surface area (Å²) in [4.78, 5) is 42.7. The molecule has 1 unspecified atom stereocenters. The fourth-order valence-corrected chi connectivity index (χ4v) is 5.36. The number of phosphoric acid groups is 1. The van der Waals surface area contributed by atoms with Crippen molar-refractivity contribution >= 4 is 19.8 Å². The lowest BCUT2D eigenvalue weighted by molar-refractivity contribution is -0.161. The highest BCUT2D eigenvalue weighted by Crippen LogP contribution is 2.36. The van der Waals surface area contributed by atoms with Crippen molar-refractivity contribution in [1.82, 2.24) is 0 Å². The van der Waals surface area contributed by atoms with Crippen molar-refractivity contribution < 1.29 is 43.0 Å². The van der Waals surface area contributed by atoms with Gasteiger partial charge in [0.25, 0.3) is 0 Å². The van der Waals surface area contributed by atoms with Crippen molar-refractivity contribution in [3.8, 4) is 0 Å². The largest absolute Gasteiger partial charge is 0.469 e. The zero-order valence-corrected chi connectivity index (χ0v) is 32.0. The molecule has 3 N–H and O–H groups in total. The average molecular weight is 725 g/mol. The van der Waals surface area contributed by atoms with Gasteiger partial charge >= 0.3 is 19.8 Å². The van der Waals surface area contributed by atoms with Gasteiger partial charge in [0.15, 0.2) is 6.10 Å². The van der Waals surface area contributed by atoms with Crippen LogP contribution >= 0.6 is 7.82 Å². The fourth-order valence-electron chi connectivity index (χ4n) is 5.00. The Morgan fingerprint density at radius 3 is 1.84 bits per heavy atom. The molecule has 0 fully saturated rings. The summed E-state index contributed by atoms with van der Waals surface area (Å²) < 4.78 is 26.3. The zero-order valence-electron chi connectivity index (χ0n) is 31.1. The number of rotatable bonds is 34. The van der Waals surface area contributed by atoms with E-state index in [1.807, 2.05) is 18.2 Å². The molecule has 288 valence electrons. The first-order valence-electron chi connectivity index (χ1n) is 19.2.